The van der Waals surface area contributed by atoms with Gasteiger partial charge in [-0.15, -0.1) is 0 Å². The van der Waals surface area contributed by atoms with E-state index in [0.717, 1.165) is 17.5 Å². The highest BCUT2D eigenvalue weighted by atomic mass is 16.5. The fourth-order valence-electron chi connectivity index (χ4n) is 2.82. The van der Waals surface area contributed by atoms with Gasteiger partial charge in [0.25, 0.3) is 0 Å². The third-order valence-electron chi connectivity index (χ3n) is 4.20. The van der Waals surface area contributed by atoms with Crippen LogP contribution in [0.3, 0.4) is 0 Å². The Kier molecular flexibility index (Phi) is 7.74. The number of carboxylic acids is 2. The molecule has 2 rings (SSSR count). The zero-order valence-electron chi connectivity index (χ0n) is 15.6. The number of rotatable bonds is 10. The van der Waals surface area contributed by atoms with Crippen LogP contribution in [0.15, 0.2) is 60.3 Å². The summed E-state index contributed by atoms with van der Waals surface area (Å²) in [7, 11) is 0. The van der Waals surface area contributed by atoms with E-state index in [9.17, 15) is 14.8 Å². The monoisotopic (exact) mass is 384 g/mol. The molecule has 0 saturated heterocycles. The van der Waals surface area contributed by atoms with Crippen LogP contribution in [0.1, 0.15) is 45.2 Å². The van der Waals surface area contributed by atoms with Crippen LogP contribution in [0.5, 0.6) is 0 Å². The molecule has 2 aromatic rings. The fourth-order valence-corrected chi connectivity index (χ4v) is 2.82. The van der Waals surface area contributed by atoms with E-state index in [0.29, 0.717) is 25.3 Å². The van der Waals surface area contributed by atoms with Gasteiger partial charge in [0.1, 0.15) is 0 Å². The first-order valence-electron chi connectivity index (χ1n) is 8.89. The molecule has 0 aromatic heterocycles. The van der Waals surface area contributed by atoms with Crippen LogP contribution in [-0.2, 0) is 13.1 Å². The maximum Gasteiger partial charge on any atom is 0.335 e. The van der Waals surface area contributed by atoms with Crippen molar-refractivity contribution < 1.29 is 25.0 Å². The summed E-state index contributed by atoms with van der Waals surface area (Å²) >= 11 is 0. The van der Waals surface area contributed by atoms with Gasteiger partial charge in [-0.2, -0.15) is 0 Å². The number of allylic oxidation sites excluding steroid dienone is 1. The summed E-state index contributed by atoms with van der Waals surface area (Å²) in [5.41, 5.74) is 5.19. The lowest BCUT2D eigenvalue weighted by molar-refractivity contribution is 0.0686. The van der Waals surface area contributed by atoms with E-state index in [4.69, 9.17) is 10.2 Å². The van der Waals surface area contributed by atoms with Crippen molar-refractivity contribution in [3.8, 4) is 0 Å². The van der Waals surface area contributed by atoms with Crippen molar-refractivity contribution in [2.45, 2.75) is 26.4 Å². The normalized spacial score (nSPS) is 11.5. The summed E-state index contributed by atoms with van der Waals surface area (Å²) in [5.74, 6) is -1.95. The molecule has 7 heteroatoms. The van der Waals surface area contributed by atoms with Crippen molar-refractivity contribution in [2.75, 3.05) is 6.54 Å². The largest absolute Gasteiger partial charge is 0.478 e. The Hall–Kier alpha value is -3.16. The Bertz CT molecular complexity index is 769. The Labute approximate surface area is 163 Å². The number of hydroxylamine groups is 1. The molecule has 0 spiro atoms. The maximum absolute atomic E-state index is 11.0. The van der Waals surface area contributed by atoms with Crippen LogP contribution < -0.4 is 5.48 Å². The van der Waals surface area contributed by atoms with Crippen LogP contribution in [0.4, 0.5) is 0 Å². The zero-order chi connectivity index (χ0) is 20.5. The van der Waals surface area contributed by atoms with Crippen molar-refractivity contribution in [1.82, 2.24) is 10.4 Å². The predicted molar refractivity (Wildman–Crippen MR) is 104 cm³/mol. The topological polar surface area (TPSA) is 110 Å². The lowest BCUT2D eigenvalue weighted by atomic mass is 10.1. The van der Waals surface area contributed by atoms with Gasteiger partial charge in [-0.25, -0.2) is 9.59 Å². The van der Waals surface area contributed by atoms with E-state index in [1.54, 1.807) is 48.5 Å². The SMILES string of the molecule is CCC=C(CN(Cc1ccc(C(=O)O)cc1)Cc1ccc(C(=O)O)cc1)NO. The summed E-state index contributed by atoms with van der Waals surface area (Å²) in [4.78, 5) is 24.1. The van der Waals surface area contributed by atoms with E-state index in [-0.39, 0.29) is 11.1 Å². The van der Waals surface area contributed by atoms with Crippen LogP contribution in [0.25, 0.3) is 0 Å². The molecule has 0 radical (unpaired) electrons. The highest BCUT2D eigenvalue weighted by molar-refractivity contribution is 5.87. The molecule has 4 N–H and O–H groups in total. The van der Waals surface area contributed by atoms with Gasteiger partial charge in [0.15, 0.2) is 0 Å². The molecule has 28 heavy (non-hydrogen) atoms. The number of nitrogens with one attached hydrogen (secondary N) is 1. The molecular weight excluding hydrogens is 360 g/mol. The Morgan fingerprint density at radius 1 is 0.893 bits per heavy atom. The number of nitrogens with zero attached hydrogens (tertiary/aromatic N) is 1. The van der Waals surface area contributed by atoms with Gasteiger partial charge >= 0.3 is 11.9 Å². The van der Waals surface area contributed by atoms with Crippen LogP contribution >= 0.6 is 0 Å². The Morgan fingerprint density at radius 3 is 1.64 bits per heavy atom. The second-order valence-corrected chi connectivity index (χ2v) is 6.40. The number of benzene rings is 2. The van der Waals surface area contributed by atoms with E-state index >= 15 is 0 Å². The lowest BCUT2D eigenvalue weighted by Crippen LogP contribution is -2.29. The highest BCUT2D eigenvalue weighted by Gasteiger charge is 2.12. The first-order chi connectivity index (χ1) is 13.4. The molecule has 0 unspecified atom stereocenters. The van der Waals surface area contributed by atoms with Crippen molar-refractivity contribution in [1.29, 1.82) is 0 Å². The molecule has 0 aliphatic rings. The zero-order valence-corrected chi connectivity index (χ0v) is 15.6. The van der Waals surface area contributed by atoms with Gasteiger partial charge in [-0.1, -0.05) is 37.3 Å². The number of carbonyl (C=O) groups is 2. The second-order valence-electron chi connectivity index (χ2n) is 6.40. The summed E-state index contributed by atoms with van der Waals surface area (Å²) in [6, 6.07) is 13.3. The van der Waals surface area contributed by atoms with Crippen LogP contribution in [0, 0.1) is 0 Å². The molecule has 0 atom stereocenters. The molecule has 0 aliphatic heterocycles. The quantitative estimate of drug-likeness (QED) is 0.465. The first kappa shape index (κ1) is 21.1. The summed E-state index contributed by atoms with van der Waals surface area (Å²) < 4.78 is 0. The average molecular weight is 384 g/mol. The van der Waals surface area contributed by atoms with Gasteiger partial charge < -0.3 is 10.2 Å². The van der Waals surface area contributed by atoms with E-state index in [1.165, 1.54) is 0 Å². The number of hydrogen-bond donors (Lipinski definition) is 4. The van der Waals surface area contributed by atoms with Crippen LogP contribution in [0.2, 0.25) is 0 Å². The number of aromatic carboxylic acids is 2. The summed E-state index contributed by atoms with van der Waals surface area (Å²) in [6.07, 6.45) is 2.64. The van der Waals surface area contributed by atoms with Crippen LogP contribution in [-0.4, -0.2) is 38.8 Å². The van der Waals surface area contributed by atoms with E-state index < -0.39 is 11.9 Å². The molecule has 0 heterocycles. The Balaban J connectivity index is 2.19. The van der Waals surface area contributed by atoms with Crippen molar-refractivity contribution in [2.24, 2.45) is 0 Å². The molecule has 148 valence electrons. The fraction of sp³-hybridized carbons (Fsp3) is 0.238. The minimum Gasteiger partial charge on any atom is -0.478 e. The summed E-state index contributed by atoms with van der Waals surface area (Å²) in [5, 5.41) is 27.4. The van der Waals surface area contributed by atoms with E-state index in [1.807, 2.05) is 13.0 Å². The summed E-state index contributed by atoms with van der Waals surface area (Å²) in [6.45, 7) is 3.48. The minimum absolute atomic E-state index is 0.225. The number of carboxylic acid groups (broad SMARTS) is 2. The number of hydrogen-bond acceptors (Lipinski definition) is 5. The molecular formula is C21H24N2O5. The molecule has 0 saturated carbocycles. The average Bonchev–Trinajstić information content (AvgIpc) is 2.68. The Morgan fingerprint density at radius 2 is 1.32 bits per heavy atom. The predicted octanol–water partition coefficient (Wildman–Crippen LogP) is 3.36. The molecule has 0 bridgehead atoms. The standard InChI is InChI=1S/C21H24N2O5/c1-2-3-19(22-28)14-23(12-15-4-8-17(9-5-15)20(24)25)13-16-6-10-18(11-7-16)21(26)27/h3-11,22,28H,2,12-14H2,1H3,(H,24,25)(H,26,27). The van der Waals surface area contributed by atoms with Gasteiger partial charge in [-0.3, -0.25) is 15.6 Å². The van der Waals surface area contributed by atoms with Gasteiger partial charge in [0.2, 0.25) is 0 Å². The molecule has 0 fully saturated rings. The third-order valence-corrected chi connectivity index (χ3v) is 4.20. The minimum atomic E-state index is -0.973. The highest BCUT2D eigenvalue weighted by Crippen LogP contribution is 2.14. The van der Waals surface area contributed by atoms with Gasteiger partial charge in [-0.05, 0) is 41.8 Å². The lowest BCUT2D eigenvalue weighted by Gasteiger charge is -2.24. The van der Waals surface area contributed by atoms with E-state index in [2.05, 4.69) is 10.4 Å². The second kappa shape index (κ2) is 10.2. The van der Waals surface area contributed by atoms with Gasteiger partial charge in [0, 0.05) is 25.3 Å². The maximum atomic E-state index is 11.0. The van der Waals surface area contributed by atoms with Crippen molar-refractivity contribution in [3.05, 3.63) is 82.6 Å². The first-order valence-corrected chi connectivity index (χ1v) is 8.89. The van der Waals surface area contributed by atoms with Crippen molar-refractivity contribution >= 4 is 11.9 Å². The smallest absolute Gasteiger partial charge is 0.335 e. The van der Waals surface area contributed by atoms with Crippen molar-refractivity contribution in [3.63, 3.8) is 0 Å². The third kappa shape index (κ3) is 6.22. The molecule has 7 nitrogen and oxygen atoms in total. The molecule has 0 amide bonds. The molecule has 0 aliphatic carbocycles. The van der Waals surface area contributed by atoms with Gasteiger partial charge in [0.05, 0.1) is 11.1 Å². The molecule has 2 aromatic carbocycles.